The van der Waals surface area contributed by atoms with Gasteiger partial charge in [-0.05, 0) is 33.1 Å². The molecule has 1 atom stereocenters. The number of carboxylic acid groups (broad SMARTS) is 1. The molecule has 0 aliphatic carbocycles. The first-order valence-corrected chi connectivity index (χ1v) is 7.01. The minimum atomic E-state index is -0.935. The molecule has 0 bridgehead atoms. The number of aliphatic carboxylic acids is 1. The predicted molar refractivity (Wildman–Crippen MR) is 81.6 cm³/mol. The lowest BCUT2D eigenvalue weighted by Crippen LogP contribution is -2.17. The van der Waals surface area contributed by atoms with Crippen molar-refractivity contribution >= 4 is 11.9 Å². The highest BCUT2D eigenvalue weighted by Gasteiger charge is 2.12. The molecule has 0 aromatic carbocycles. The minimum Gasteiger partial charge on any atom is -0.478 e. The second-order valence-corrected chi connectivity index (χ2v) is 4.80. The van der Waals surface area contributed by atoms with Crippen LogP contribution in [0.5, 0.6) is 0 Å². The second kappa shape index (κ2) is 12.5. The van der Waals surface area contributed by atoms with Crippen molar-refractivity contribution in [3.8, 4) is 0 Å². The summed E-state index contributed by atoms with van der Waals surface area (Å²) in [5.41, 5.74) is 0.661. The van der Waals surface area contributed by atoms with Crippen molar-refractivity contribution in [2.24, 2.45) is 0 Å². The van der Waals surface area contributed by atoms with Crippen LogP contribution in [-0.4, -0.2) is 23.1 Å². The normalized spacial score (nSPS) is 10.8. The molecule has 20 heavy (non-hydrogen) atoms. The smallest absolute Gasteiger partial charge is 0.333 e. The van der Waals surface area contributed by atoms with E-state index in [1.807, 2.05) is 6.92 Å². The molecule has 4 nitrogen and oxygen atoms in total. The van der Waals surface area contributed by atoms with Gasteiger partial charge in [0.25, 0.3) is 0 Å². The molecular formula is C16H28O4. The number of carbonyl (C=O) groups excluding carboxylic acids is 1. The SMILES string of the molecule is C=C(C)C(=O)O.C=C(C)C(=O)OC(CC)CCCCC. The molecule has 0 aromatic heterocycles. The molecule has 116 valence electrons. The molecule has 0 aromatic rings. The van der Waals surface area contributed by atoms with Crippen LogP contribution in [0.2, 0.25) is 0 Å². The van der Waals surface area contributed by atoms with Crippen LogP contribution in [0.25, 0.3) is 0 Å². The van der Waals surface area contributed by atoms with Crippen LogP contribution < -0.4 is 0 Å². The first-order chi connectivity index (χ1) is 9.26. The van der Waals surface area contributed by atoms with Gasteiger partial charge in [0.2, 0.25) is 0 Å². The van der Waals surface area contributed by atoms with E-state index in [4.69, 9.17) is 9.84 Å². The fourth-order valence-electron chi connectivity index (χ4n) is 1.22. The summed E-state index contributed by atoms with van der Waals surface area (Å²) in [7, 11) is 0. The van der Waals surface area contributed by atoms with Gasteiger partial charge in [0.1, 0.15) is 6.10 Å². The van der Waals surface area contributed by atoms with E-state index in [0.29, 0.717) is 5.57 Å². The molecule has 0 fully saturated rings. The molecule has 0 saturated carbocycles. The van der Waals surface area contributed by atoms with Crippen molar-refractivity contribution in [1.29, 1.82) is 0 Å². The third-order valence-corrected chi connectivity index (χ3v) is 2.57. The minimum absolute atomic E-state index is 0.0748. The zero-order chi connectivity index (χ0) is 16.1. The van der Waals surface area contributed by atoms with E-state index in [1.54, 1.807) is 6.92 Å². The van der Waals surface area contributed by atoms with Crippen molar-refractivity contribution in [1.82, 2.24) is 0 Å². The summed E-state index contributed by atoms with van der Waals surface area (Å²) in [5, 5.41) is 7.89. The highest BCUT2D eigenvalue weighted by Crippen LogP contribution is 2.11. The van der Waals surface area contributed by atoms with E-state index in [1.165, 1.54) is 19.8 Å². The predicted octanol–water partition coefficient (Wildman–Crippen LogP) is 4.11. The molecule has 1 N–H and O–H groups in total. The fourth-order valence-corrected chi connectivity index (χ4v) is 1.22. The average Bonchev–Trinajstić information content (AvgIpc) is 2.37. The summed E-state index contributed by atoms with van der Waals surface area (Å²) < 4.78 is 5.27. The number of unbranched alkanes of at least 4 members (excludes halogenated alkanes) is 2. The summed E-state index contributed by atoms with van der Waals surface area (Å²) in [6.45, 7) is 14.1. The molecule has 0 amide bonds. The van der Waals surface area contributed by atoms with Gasteiger partial charge in [0, 0.05) is 11.1 Å². The Labute approximate surface area is 122 Å². The van der Waals surface area contributed by atoms with Gasteiger partial charge in [0.05, 0.1) is 0 Å². The monoisotopic (exact) mass is 284 g/mol. The third-order valence-electron chi connectivity index (χ3n) is 2.57. The van der Waals surface area contributed by atoms with Gasteiger partial charge in [-0.1, -0.05) is 39.8 Å². The van der Waals surface area contributed by atoms with Crippen LogP contribution in [0.15, 0.2) is 24.3 Å². The Morgan fingerprint density at radius 3 is 1.90 bits per heavy atom. The van der Waals surface area contributed by atoms with Crippen molar-refractivity contribution in [2.45, 2.75) is 65.9 Å². The lowest BCUT2D eigenvalue weighted by Gasteiger charge is -2.15. The zero-order valence-electron chi connectivity index (χ0n) is 13.2. The summed E-state index contributed by atoms with van der Waals surface area (Å²) in [4.78, 5) is 20.8. The molecule has 0 heterocycles. The summed E-state index contributed by atoms with van der Waals surface area (Å²) in [5.74, 6) is -1.19. The maximum absolute atomic E-state index is 11.2. The quantitative estimate of drug-likeness (QED) is 0.414. The van der Waals surface area contributed by atoms with Crippen molar-refractivity contribution in [3.05, 3.63) is 24.3 Å². The topological polar surface area (TPSA) is 63.6 Å². The number of hydrogen-bond acceptors (Lipinski definition) is 3. The molecule has 0 spiro atoms. The Bertz CT molecular complexity index is 319. The Morgan fingerprint density at radius 1 is 1.10 bits per heavy atom. The standard InChI is InChI=1S/C12H22O2.C4H6O2/c1-5-7-8-9-11(6-2)14-12(13)10(3)4;1-3(2)4(5)6/h11H,3,5-9H2,1-2,4H3;1H2,2H3,(H,5,6). The van der Waals surface area contributed by atoms with Crippen LogP contribution in [0.3, 0.4) is 0 Å². The van der Waals surface area contributed by atoms with Crippen LogP contribution in [0, 0.1) is 0 Å². The zero-order valence-corrected chi connectivity index (χ0v) is 13.2. The van der Waals surface area contributed by atoms with Gasteiger partial charge in [-0.25, -0.2) is 9.59 Å². The van der Waals surface area contributed by atoms with Crippen LogP contribution in [-0.2, 0) is 14.3 Å². The molecular weight excluding hydrogens is 256 g/mol. The molecule has 1 unspecified atom stereocenters. The van der Waals surface area contributed by atoms with Gasteiger partial charge in [-0.15, -0.1) is 0 Å². The lowest BCUT2D eigenvalue weighted by atomic mass is 10.1. The molecule has 0 saturated heterocycles. The van der Waals surface area contributed by atoms with Gasteiger partial charge < -0.3 is 9.84 Å². The number of ether oxygens (including phenoxy) is 1. The molecule has 0 aliphatic heterocycles. The van der Waals surface area contributed by atoms with Crippen molar-refractivity contribution in [2.75, 3.05) is 0 Å². The van der Waals surface area contributed by atoms with E-state index in [2.05, 4.69) is 20.1 Å². The van der Waals surface area contributed by atoms with Gasteiger partial charge >= 0.3 is 11.9 Å². The van der Waals surface area contributed by atoms with E-state index < -0.39 is 5.97 Å². The van der Waals surface area contributed by atoms with Crippen LogP contribution in [0.1, 0.15) is 59.8 Å². The third kappa shape index (κ3) is 12.9. The van der Waals surface area contributed by atoms with E-state index in [-0.39, 0.29) is 17.6 Å². The second-order valence-electron chi connectivity index (χ2n) is 4.80. The van der Waals surface area contributed by atoms with Gasteiger partial charge in [-0.2, -0.15) is 0 Å². The maximum atomic E-state index is 11.2. The highest BCUT2D eigenvalue weighted by molar-refractivity contribution is 5.87. The average molecular weight is 284 g/mol. The number of esters is 1. The summed E-state index contributed by atoms with van der Waals surface area (Å²) in [6.07, 6.45) is 5.49. The number of carbonyl (C=O) groups is 2. The fraction of sp³-hybridized carbons (Fsp3) is 0.625. The lowest BCUT2D eigenvalue weighted by molar-refractivity contribution is -0.144. The first kappa shape index (κ1) is 20.7. The Morgan fingerprint density at radius 2 is 1.60 bits per heavy atom. The number of rotatable bonds is 8. The first-order valence-electron chi connectivity index (χ1n) is 7.01. The highest BCUT2D eigenvalue weighted by atomic mass is 16.5. The van der Waals surface area contributed by atoms with Crippen molar-refractivity contribution in [3.63, 3.8) is 0 Å². The Kier molecular flexibility index (Phi) is 12.9. The van der Waals surface area contributed by atoms with Gasteiger partial charge in [-0.3, -0.25) is 0 Å². The molecule has 4 heteroatoms. The van der Waals surface area contributed by atoms with E-state index in [0.717, 1.165) is 19.3 Å². The van der Waals surface area contributed by atoms with E-state index in [9.17, 15) is 9.59 Å². The van der Waals surface area contributed by atoms with Gasteiger partial charge in [0.15, 0.2) is 0 Å². The Balaban J connectivity index is 0. The summed E-state index contributed by atoms with van der Waals surface area (Å²) in [6, 6.07) is 0. The van der Waals surface area contributed by atoms with Crippen LogP contribution in [0.4, 0.5) is 0 Å². The van der Waals surface area contributed by atoms with E-state index >= 15 is 0 Å². The molecule has 0 rings (SSSR count). The number of hydrogen-bond donors (Lipinski definition) is 1. The number of carboxylic acids is 1. The summed E-state index contributed by atoms with van der Waals surface area (Å²) >= 11 is 0. The molecule has 0 radical (unpaired) electrons. The van der Waals surface area contributed by atoms with Crippen LogP contribution >= 0.6 is 0 Å². The Hall–Kier alpha value is -1.58. The molecule has 0 aliphatic rings. The maximum Gasteiger partial charge on any atom is 0.333 e. The largest absolute Gasteiger partial charge is 0.478 e. The van der Waals surface area contributed by atoms with Crippen molar-refractivity contribution < 1.29 is 19.4 Å².